The van der Waals surface area contributed by atoms with Gasteiger partial charge in [-0.05, 0) is 25.0 Å². The Labute approximate surface area is 132 Å². The summed E-state index contributed by atoms with van der Waals surface area (Å²) in [5.74, 6) is 1.19. The van der Waals surface area contributed by atoms with Gasteiger partial charge < -0.3 is 20.5 Å². The van der Waals surface area contributed by atoms with Crippen molar-refractivity contribution in [2.75, 3.05) is 19.0 Å². The van der Waals surface area contributed by atoms with Crippen LogP contribution in [0.15, 0.2) is 18.2 Å². The van der Waals surface area contributed by atoms with Crippen LogP contribution in [0.3, 0.4) is 0 Å². The first kappa shape index (κ1) is 19.5. The third-order valence-corrected chi connectivity index (χ3v) is 3.29. The van der Waals surface area contributed by atoms with Gasteiger partial charge in [-0.2, -0.15) is 0 Å². The van der Waals surface area contributed by atoms with E-state index in [1.807, 2.05) is 20.8 Å². The number of methoxy groups -OCH3 is 1. The molecule has 0 fully saturated rings. The second-order valence-electron chi connectivity index (χ2n) is 4.70. The molecule has 3 N–H and O–H groups in total. The highest BCUT2D eigenvalue weighted by atomic mass is 35.5. The average Bonchev–Trinajstić information content (AvgIpc) is 2.47. The summed E-state index contributed by atoms with van der Waals surface area (Å²) in [5.41, 5.74) is 6.55. The van der Waals surface area contributed by atoms with Crippen LogP contribution < -0.4 is 20.5 Å². The van der Waals surface area contributed by atoms with Crippen molar-refractivity contribution in [1.29, 1.82) is 0 Å². The van der Waals surface area contributed by atoms with Gasteiger partial charge in [0.05, 0.1) is 19.8 Å². The van der Waals surface area contributed by atoms with E-state index in [1.54, 1.807) is 25.3 Å². The van der Waals surface area contributed by atoms with Crippen molar-refractivity contribution in [2.24, 2.45) is 11.7 Å². The van der Waals surface area contributed by atoms with Crippen molar-refractivity contribution < 1.29 is 14.3 Å². The molecule has 1 amide bonds. The third kappa shape index (κ3) is 5.44. The summed E-state index contributed by atoms with van der Waals surface area (Å²) in [7, 11) is 1.56. The lowest BCUT2D eigenvalue weighted by Gasteiger charge is -2.18. The van der Waals surface area contributed by atoms with Crippen LogP contribution in [0.4, 0.5) is 5.69 Å². The zero-order valence-corrected chi connectivity index (χ0v) is 13.8. The Morgan fingerprint density at radius 3 is 2.52 bits per heavy atom. The van der Waals surface area contributed by atoms with Crippen LogP contribution in [0.5, 0.6) is 11.5 Å². The molecule has 120 valence electrons. The fourth-order valence-electron chi connectivity index (χ4n) is 1.76. The highest BCUT2D eigenvalue weighted by Crippen LogP contribution is 2.30. The fraction of sp³-hybridized carbons (Fsp3) is 0.533. The van der Waals surface area contributed by atoms with Crippen molar-refractivity contribution in [2.45, 2.75) is 33.2 Å². The number of hydrogen-bond donors (Lipinski definition) is 2. The Morgan fingerprint density at radius 1 is 1.33 bits per heavy atom. The predicted molar refractivity (Wildman–Crippen MR) is 87.5 cm³/mol. The maximum absolute atomic E-state index is 12.0. The number of carbonyl (C=O) groups is 1. The molecule has 0 saturated carbocycles. The third-order valence-electron chi connectivity index (χ3n) is 3.29. The van der Waals surface area contributed by atoms with Gasteiger partial charge in [0.25, 0.3) is 0 Å². The standard InChI is InChI=1S/C15H24N2O3.ClH/c1-5-10(3)14(16)15(18)17-11-7-8-12(20-6-2)13(9-11)19-4;/h7-10,14H,5-6,16H2,1-4H3,(H,17,18);1H. The number of carbonyl (C=O) groups excluding carboxylic acids is 1. The summed E-state index contributed by atoms with van der Waals surface area (Å²) < 4.78 is 10.7. The van der Waals surface area contributed by atoms with E-state index < -0.39 is 6.04 Å². The molecule has 0 heterocycles. The van der Waals surface area contributed by atoms with Gasteiger partial charge in [0.2, 0.25) is 5.91 Å². The molecule has 0 radical (unpaired) electrons. The van der Waals surface area contributed by atoms with Crippen LogP contribution >= 0.6 is 12.4 Å². The summed E-state index contributed by atoms with van der Waals surface area (Å²) in [6, 6.07) is 4.76. The zero-order chi connectivity index (χ0) is 15.1. The van der Waals surface area contributed by atoms with Gasteiger partial charge in [0.15, 0.2) is 11.5 Å². The van der Waals surface area contributed by atoms with Gasteiger partial charge in [-0.1, -0.05) is 20.3 Å². The van der Waals surface area contributed by atoms with Gasteiger partial charge >= 0.3 is 0 Å². The lowest BCUT2D eigenvalue weighted by Crippen LogP contribution is -2.40. The number of nitrogens with two attached hydrogens (primary N) is 1. The lowest BCUT2D eigenvalue weighted by atomic mass is 9.99. The molecule has 0 saturated heterocycles. The first-order chi connectivity index (χ1) is 9.53. The molecule has 6 heteroatoms. The number of halogens is 1. The molecule has 1 rings (SSSR count). The van der Waals surface area contributed by atoms with Crippen molar-refractivity contribution >= 4 is 24.0 Å². The number of rotatable bonds is 7. The summed E-state index contributed by atoms with van der Waals surface area (Å²) in [6.45, 7) is 6.43. The summed E-state index contributed by atoms with van der Waals surface area (Å²) in [6.07, 6.45) is 0.862. The Bertz CT molecular complexity index is 455. The Kier molecular flexibility index (Phi) is 8.81. The van der Waals surface area contributed by atoms with Crippen molar-refractivity contribution in [3.8, 4) is 11.5 Å². The van der Waals surface area contributed by atoms with E-state index >= 15 is 0 Å². The molecule has 0 spiro atoms. The second-order valence-corrected chi connectivity index (χ2v) is 4.70. The minimum absolute atomic E-state index is 0. The van der Waals surface area contributed by atoms with Crippen LogP contribution in [0.25, 0.3) is 0 Å². The number of hydrogen-bond acceptors (Lipinski definition) is 4. The molecule has 21 heavy (non-hydrogen) atoms. The first-order valence-corrected chi connectivity index (χ1v) is 6.90. The van der Waals surface area contributed by atoms with Crippen molar-refractivity contribution in [3.05, 3.63) is 18.2 Å². The molecular weight excluding hydrogens is 292 g/mol. The van der Waals surface area contributed by atoms with Crippen LogP contribution in [0.1, 0.15) is 27.2 Å². The van der Waals surface area contributed by atoms with E-state index in [-0.39, 0.29) is 24.2 Å². The van der Waals surface area contributed by atoms with Crippen LogP contribution in [0, 0.1) is 5.92 Å². The number of ether oxygens (including phenoxy) is 2. The van der Waals surface area contributed by atoms with Gasteiger partial charge in [-0.15, -0.1) is 12.4 Å². The summed E-state index contributed by atoms with van der Waals surface area (Å²) >= 11 is 0. The van der Waals surface area contributed by atoms with E-state index in [0.717, 1.165) is 6.42 Å². The molecule has 5 nitrogen and oxygen atoms in total. The van der Waals surface area contributed by atoms with E-state index in [0.29, 0.717) is 23.8 Å². The molecule has 2 unspecified atom stereocenters. The fourth-order valence-corrected chi connectivity index (χ4v) is 1.76. The quantitative estimate of drug-likeness (QED) is 0.811. The maximum atomic E-state index is 12.0. The zero-order valence-electron chi connectivity index (χ0n) is 13.0. The topological polar surface area (TPSA) is 73.6 Å². The van der Waals surface area contributed by atoms with Crippen LogP contribution in [0.2, 0.25) is 0 Å². The van der Waals surface area contributed by atoms with Gasteiger partial charge in [-0.3, -0.25) is 4.79 Å². The minimum atomic E-state index is -0.516. The largest absolute Gasteiger partial charge is 0.493 e. The molecule has 1 aromatic carbocycles. The molecule has 0 aliphatic carbocycles. The number of benzene rings is 1. The number of anilines is 1. The van der Waals surface area contributed by atoms with E-state index in [4.69, 9.17) is 15.2 Å². The molecular formula is C15H25ClN2O3. The number of amides is 1. The monoisotopic (exact) mass is 316 g/mol. The Hall–Kier alpha value is -1.46. The molecule has 0 aliphatic rings. The molecule has 2 atom stereocenters. The molecule has 1 aromatic rings. The second kappa shape index (κ2) is 9.47. The molecule has 0 aromatic heterocycles. The maximum Gasteiger partial charge on any atom is 0.241 e. The SMILES string of the molecule is CCOc1ccc(NC(=O)C(N)C(C)CC)cc1OC.Cl. The van der Waals surface area contributed by atoms with Gasteiger partial charge in [0, 0.05) is 11.8 Å². The first-order valence-electron chi connectivity index (χ1n) is 6.90. The molecule has 0 bridgehead atoms. The Balaban J connectivity index is 0.00000400. The van der Waals surface area contributed by atoms with Gasteiger partial charge in [0.1, 0.15) is 0 Å². The van der Waals surface area contributed by atoms with Crippen LogP contribution in [-0.4, -0.2) is 25.7 Å². The normalized spacial score (nSPS) is 12.8. The van der Waals surface area contributed by atoms with E-state index in [2.05, 4.69) is 5.32 Å². The average molecular weight is 317 g/mol. The summed E-state index contributed by atoms with van der Waals surface area (Å²) in [4.78, 5) is 12.0. The lowest BCUT2D eigenvalue weighted by molar-refractivity contribution is -0.118. The highest BCUT2D eigenvalue weighted by molar-refractivity contribution is 5.95. The van der Waals surface area contributed by atoms with E-state index in [1.165, 1.54) is 0 Å². The molecule has 0 aliphatic heterocycles. The van der Waals surface area contributed by atoms with Crippen LogP contribution in [-0.2, 0) is 4.79 Å². The van der Waals surface area contributed by atoms with Crippen molar-refractivity contribution in [1.82, 2.24) is 0 Å². The number of nitrogens with one attached hydrogen (secondary N) is 1. The van der Waals surface area contributed by atoms with Crippen molar-refractivity contribution in [3.63, 3.8) is 0 Å². The summed E-state index contributed by atoms with van der Waals surface area (Å²) in [5, 5.41) is 2.80. The minimum Gasteiger partial charge on any atom is -0.493 e. The predicted octanol–water partition coefficient (Wildman–Crippen LogP) is 2.83. The van der Waals surface area contributed by atoms with Gasteiger partial charge in [-0.25, -0.2) is 0 Å². The Morgan fingerprint density at radius 2 is 2.00 bits per heavy atom. The highest BCUT2D eigenvalue weighted by Gasteiger charge is 2.19. The van der Waals surface area contributed by atoms with E-state index in [9.17, 15) is 4.79 Å². The smallest absolute Gasteiger partial charge is 0.241 e.